The Bertz CT molecular complexity index is 321. The van der Waals surface area contributed by atoms with Crippen LogP contribution in [0.2, 0.25) is 0 Å². The van der Waals surface area contributed by atoms with Crippen molar-refractivity contribution in [2.45, 2.75) is 64.2 Å². The second kappa shape index (κ2) is 11.0. The van der Waals surface area contributed by atoms with E-state index in [2.05, 4.69) is 22.2 Å². The van der Waals surface area contributed by atoms with Gasteiger partial charge in [-0.1, -0.05) is 38.5 Å². The summed E-state index contributed by atoms with van der Waals surface area (Å²) >= 11 is 0. The number of likely N-dealkylation sites (N-methyl/N-ethyl adjacent to an activating group) is 1. The summed E-state index contributed by atoms with van der Waals surface area (Å²) in [7, 11) is 2.20. The lowest BCUT2D eigenvalue weighted by molar-refractivity contribution is -0.121. The van der Waals surface area contributed by atoms with E-state index in [1.807, 2.05) is 0 Å². The number of hydrogen-bond acceptors (Lipinski definition) is 3. The van der Waals surface area contributed by atoms with Crippen molar-refractivity contribution in [1.82, 2.24) is 15.1 Å². The normalized spacial score (nSPS) is 21.4. The smallest absolute Gasteiger partial charge is 0.220 e. The average molecular weight is 324 g/mol. The maximum absolute atomic E-state index is 11.9. The van der Waals surface area contributed by atoms with E-state index in [-0.39, 0.29) is 5.91 Å². The first-order chi connectivity index (χ1) is 11.2. The predicted octanol–water partition coefficient (Wildman–Crippen LogP) is 2.88. The molecule has 2 aliphatic rings. The van der Waals surface area contributed by atoms with Crippen molar-refractivity contribution in [3.8, 4) is 0 Å². The summed E-state index contributed by atoms with van der Waals surface area (Å²) in [5.41, 5.74) is 0. The van der Waals surface area contributed by atoms with Gasteiger partial charge in [0.05, 0.1) is 0 Å². The molecule has 0 atom stereocenters. The number of unbranched alkanes of at least 4 members (excludes halogenated alkanes) is 2. The molecular formula is C19H37N3O. The molecule has 0 aromatic heterocycles. The highest BCUT2D eigenvalue weighted by atomic mass is 16.1. The molecule has 1 aliphatic heterocycles. The third-order valence-electron chi connectivity index (χ3n) is 5.57. The van der Waals surface area contributed by atoms with Crippen LogP contribution in [0.25, 0.3) is 0 Å². The highest BCUT2D eigenvalue weighted by Gasteiger charge is 2.15. The molecule has 1 saturated carbocycles. The van der Waals surface area contributed by atoms with Gasteiger partial charge in [0.1, 0.15) is 0 Å². The number of nitrogens with one attached hydrogen (secondary N) is 1. The first-order valence-corrected chi connectivity index (χ1v) is 9.91. The second-order valence-electron chi connectivity index (χ2n) is 7.60. The van der Waals surface area contributed by atoms with Crippen LogP contribution in [0.1, 0.15) is 64.2 Å². The van der Waals surface area contributed by atoms with Crippen molar-refractivity contribution >= 4 is 5.91 Å². The fourth-order valence-corrected chi connectivity index (χ4v) is 3.84. The van der Waals surface area contributed by atoms with Gasteiger partial charge in [-0.15, -0.1) is 0 Å². The number of carbonyl (C=O) groups is 1. The molecule has 0 radical (unpaired) electrons. The number of amides is 1. The largest absolute Gasteiger partial charge is 0.356 e. The molecule has 1 saturated heterocycles. The molecular weight excluding hydrogens is 286 g/mol. The zero-order valence-corrected chi connectivity index (χ0v) is 15.2. The molecule has 1 heterocycles. The zero-order chi connectivity index (χ0) is 16.3. The minimum absolute atomic E-state index is 0.273. The fraction of sp³-hybridized carbons (Fsp3) is 0.947. The number of hydrogen-bond donors (Lipinski definition) is 1. The summed E-state index contributed by atoms with van der Waals surface area (Å²) in [5.74, 6) is 1.09. The lowest BCUT2D eigenvalue weighted by atomic mass is 9.86. The van der Waals surface area contributed by atoms with Gasteiger partial charge in [-0.3, -0.25) is 4.79 Å². The van der Waals surface area contributed by atoms with Crippen LogP contribution in [0.3, 0.4) is 0 Å². The number of rotatable bonds is 9. The van der Waals surface area contributed by atoms with Crippen LogP contribution in [0, 0.1) is 5.92 Å². The maximum atomic E-state index is 11.9. The standard InChI is InChI=1S/C19H37N3O/c1-21-14-16-22(17-15-21)13-7-3-6-12-20-19(23)11-10-18-8-4-2-5-9-18/h18H,2-17H2,1H3,(H,20,23). The zero-order valence-electron chi connectivity index (χ0n) is 15.2. The Hall–Kier alpha value is -0.610. The number of carbonyl (C=O) groups excluding carboxylic acids is 1. The summed E-state index contributed by atoms with van der Waals surface area (Å²) < 4.78 is 0. The van der Waals surface area contributed by atoms with E-state index in [1.54, 1.807) is 0 Å². The van der Waals surface area contributed by atoms with Gasteiger partial charge in [0.25, 0.3) is 0 Å². The molecule has 4 heteroatoms. The van der Waals surface area contributed by atoms with E-state index in [0.29, 0.717) is 0 Å². The van der Waals surface area contributed by atoms with Crippen LogP contribution in [0.15, 0.2) is 0 Å². The molecule has 1 aliphatic carbocycles. The van der Waals surface area contributed by atoms with E-state index in [0.717, 1.165) is 31.7 Å². The van der Waals surface area contributed by atoms with Crippen molar-refractivity contribution in [2.75, 3.05) is 46.3 Å². The molecule has 1 N–H and O–H groups in total. The van der Waals surface area contributed by atoms with Crippen molar-refractivity contribution in [2.24, 2.45) is 5.92 Å². The topological polar surface area (TPSA) is 35.6 Å². The van der Waals surface area contributed by atoms with Gasteiger partial charge < -0.3 is 15.1 Å². The second-order valence-corrected chi connectivity index (χ2v) is 7.60. The first kappa shape index (κ1) is 18.7. The van der Waals surface area contributed by atoms with Gasteiger partial charge in [0, 0.05) is 39.1 Å². The molecule has 0 spiro atoms. The summed E-state index contributed by atoms with van der Waals surface area (Å²) in [6.07, 6.45) is 12.3. The van der Waals surface area contributed by atoms with E-state index in [1.165, 1.54) is 77.7 Å². The van der Waals surface area contributed by atoms with Crippen LogP contribution in [-0.2, 0) is 4.79 Å². The third-order valence-corrected chi connectivity index (χ3v) is 5.57. The average Bonchev–Trinajstić information content (AvgIpc) is 2.58. The third kappa shape index (κ3) is 8.16. The minimum Gasteiger partial charge on any atom is -0.356 e. The molecule has 23 heavy (non-hydrogen) atoms. The maximum Gasteiger partial charge on any atom is 0.220 e. The van der Waals surface area contributed by atoms with Crippen molar-refractivity contribution in [1.29, 1.82) is 0 Å². The van der Waals surface area contributed by atoms with Crippen molar-refractivity contribution in [3.05, 3.63) is 0 Å². The van der Waals surface area contributed by atoms with Crippen LogP contribution in [0.4, 0.5) is 0 Å². The highest BCUT2D eigenvalue weighted by Crippen LogP contribution is 2.27. The van der Waals surface area contributed by atoms with Gasteiger partial charge in [-0.2, -0.15) is 0 Å². The van der Waals surface area contributed by atoms with Gasteiger partial charge in [-0.05, 0) is 38.8 Å². The Morgan fingerprint density at radius 2 is 1.74 bits per heavy atom. The SMILES string of the molecule is CN1CCN(CCCCCNC(=O)CCC2CCCCC2)CC1. The minimum atomic E-state index is 0.273. The molecule has 134 valence electrons. The van der Waals surface area contributed by atoms with Crippen molar-refractivity contribution in [3.63, 3.8) is 0 Å². The van der Waals surface area contributed by atoms with Crippen LogP contribution >= 0.6 is 0 Å². The first-order valence-electron chi connectivity index (χ1n) is 9.91. The summed E-state index contributed by atoms with van der Waals surface area (Å²) in [6, 6.07) is 0. The molecule has 0 bridgehead atoms. The molecule has 0 unspecified atom stereocenters. The molecule has 0 aromatic carbocycles. The Labute approximate surface area is 143 Å². The molecule has 2 fully saturated rings. The quantitative estimate of drug-likeness (QED) is 0.663. The van der Waals surface area contributed by atoms with Gasteiger partial charge in [0.15, 0.2) is 0 Å². The molecule has 4 nitrogen and oxygen atoms in total. The molecule has 0 aromatic rings. The summed E-state index contributed by atoms with van der Waals surface area (Å²) in [6.45, 7) is 6.94. The van der Waals surface area contributed by atoms with E-state index in [9.17, 15) is 4.79 Å². The van der Waals surface area contributed by atoms with Gasteiger partial charge in [-0.25, -0.2) is 0 Å². The Balaban J connectivity index is 1.39. The number of nitrogens with zero attached hydrogens (tertiary/aromatic N) is 2. The predicted molar refractivity (Wildman–Crippen MR) is 96.6 cm³/mol. The van der Waals surface area contributed by atoms with Gasteiger partial charge >= 0.3 is 0 Å². The van der Waals surface area contributed by atoms with Gasteiger partial charge in [0.2, 0.25) is 5.91 Å². The van der Waals surface area contributed by atoms with Crippen LogP contribution in [0.5, 0.6) is 0 Å². The lowest BCUT2D eigenvalue weighted by Gasteiger charge is -2.32. The molecule has 1 amide bonds. The summed E-state index contributed by atoms with van der Waals surface area (Å²) in [4.78, 5) is 16.8. The van der Waals surface area contributed by atoms with Crippen LogP contribution < -0.4 is 5.32 Å². The Morgan fingerprint density at radius 1 is 1.00 bits per heavy atom. The van der Waals surface area contributed by atoms with E-state index in [4.69, 9.17) is 0 Å². The highest BCUT2D eigenvalue weighted by molar-refractivity contribution is 5.75. The Kier molecular flexibility index (Phi) is 8.98. The Morgan fingerprint density at radius 3 is 2.48 bits per heavy atom. The fourth-order valence-electron chi connectivity index (χ4n) is 3.84. The number of piperazine rings is 1. The van der Waals surface area contributed by atoms with E-state index < -0.39 is 0 Å². The monoisotopic (exact) mass is 323 g/mol. The lowest BCUT2D eigenvalue weighted by Crippen LogP contribution is -2.44. The summed E-state index contributed by atoms with van der Waals surface area (Å²) in [5, 5.41) is 3.11. The molecule has 2 rings (SSSR count). The van der Waals surface area contributed by atoms with Crippen LogP contribution in [-0.4, -0.2) is 62.0 Å². The van der Waals surface area contributed by atoms with E-state index >= 15 is 0 Å². The van der Waals surface area contributed by atoms with Crippen molar-refractivity contribution < 1.29 is 4.79 Å².